The van der Waals surface area contributed by atoms with Gasteiger partial charge in [-0.3, -0.25) is 0 Å². The number of benzene rings is 9. The van der Waals surface area contributed by atoms with Crippen LogP contribution in [0.4, 0.5) is 28.4 Å². The van der Waals surface area contributed by atoms with Crippen LogP contribution in [-0.2, 0) is 19.9 Å². The van der Waals surface area contributed by atoms with E-state index in [4.69, 9.17) is 0 Å². The molecular formula is C61H39N3. The molecule has 0 saturated heterocycles. The van der Waals surface area contributed by atoms with E-state index in [9.17, 15) is 0 Å². The Kier molecular flexibility index (Phi) is 8.12. The third kappa shape index (κ3) is 5.54. The summed E-state index contributed by atoms with van der Waals surface area (Å²) < 4.78 is 2.35. The fraction of sp³-hybridized carbons (Fsp3) is 0.0820. The number of para-hydroxylation sites is 2. The molecule has 0 aliphatic heterocycles. The monoisotopic (exact) mass is 813 g/mol. The second-order valence-electron chi connectivity index (χ2n) is 17.0. The van der Waals surface area contributed by atoms with Crippen LogP contribution in [0.15, 0.2) is 169 Å². The first-order chi connectivity index (χ1) is 31.7. The molecule has 298 valence electrons. The molecule has 0 fully saturated rings. The standard InChI is InChI=1S/C61H39N3/c1-62-54-25-11-10-24-48(63(46-20-4-2-5-21-46)56-35-30-44-19-12-16-40-14-8-9-15-41-28-33-50(56)60(44)58(40)41)38-52(54)53-39-49(32-37-55(53)62)64(47-22-6-3-7-23-47)57-36-31-45-27-26-42-17-13-18-43-29-34-51(57)61(45)59(42)43/h2-7,13-14,17-18,20-23,26-39H,8,19,24-25H2,1H3/b48-38+. The topological polar surface area (TPSA) is 11.4 Å². The van der Waals surface area contributed by atoms with Crippen molar-refractivity contribution in [1.29, 1.82) is 0 Å². The summed E-state index contributed by atoms with van der Waals surface area (Å²) in [6.07, 6.45) is 7.29. The molecule has 9 aromatic carbocycles. The summed E-state index contributed by atoms with van der Waals surface area (Å²) in [4.78, 5) is 4.88. The van der Waals surface area contributed by atoms with E-state index in [0.717, 1.165) is 45.3 Å². The third-order valence-electron chi connectivity index (χ3n) is 13.5. The molecule has 0 saturated carbocycles. The van der Waals surface area contributed by atoms with Crippen LogP contribution < -0.4 is 9.80 Å². The van der Waals surface area contributed by atoms with Crippen molar-refractivity contribution < 1.29 is 0 Å². The van der Waals surface area contributed by atoms with E-state index in [-0.39, 0.29) is 0 Å². The van der Waals surface area contributed by atoms with E-state index in [1.807, 2.05) is 0 Å². The minimum atomic E-state index is 0.594. The molecule has 1 heterocycles. The van der Waals surface area contributed by atoms with Crippen molar-refractivity contribution in [2.45, 2.75) is 25.7 Å². The SMILES string of the molecule is Cn1c2c(c3cc(N(c4ccccc4)c4ccc5ccc6cccc7ccc4c5c67)ccc31)/C=C(/N(c1ccccc1)c1ccc3c4c5c(ccc14)C#CCC=C5C#CC3)CC#CC2. The molecule has 64 heavy (non-hydrogen) atoms. The third-order valence-corrected chi connectivity index (χ3v) is 13.5. The normalized spacial score (nSPS) is 14.5. The number of rotatable bonds is 6. The second-order valence-corrected chi connectivity index (χ2v) is 17.0. The van der Waals surface area contributed by atoms with E-state index < -0.39 is 0 Å². The van der Waals surface area contributed by atoms with Crippen molar-refractivity contribution in [1.82, 2.24) is 4.57 Å². The van der Waals surface area contributed by atoms with Crippen molar-refractivity contribution in [3.05, 3.63) is 197 Å². The van der Waals surface area contributed by atoms with Gasteiger partial charge < -0.3 is 14.4 Å². The first-order valence-electron chi connectivity index (χ1n) is 22.1. The molecule has 0 N–H and O–H groups in total. The molecule has 0 unspecified atom stereocenters. The summed E-state index contributed by atoms with van der Waals surface area (Å²) >= 11 is 0. The van der Waals surface area contributed by atoms with Gasteiger partial charge in [-0.2, -0.15) is 0 Å². The van der Waals surface area contributed by atoms with Crippen LogP contribution in [0.5, 0.6) is 0 Å². The Morgan fingerprint density at radius 2 is 1.19 bits per heavy atom. The van der Waals surface area contributed by atoms with Gasteiger partial charge in [0, 0.05) is 105 Å². The van der Waals surface area contributed by atoms with Crippen molar-refractivity contribution in [2.24, 2.45) is 7.05 Å². The van der Waals surface area contributed by atoms with Gasteiger partial charge in [0.25, 0.3) is 0 Å². The lowest BCUT2D eigenvalue weighted by molar-refractivity contribution is 0.892. The highest BCUT2D eigenvalue weighted by atomic mass is 15.2. The number of aryl methyl sites for hydroxylation is 1. The van der Waals surface area contributed by atoms with Gasteiger partial charge in [-0.15, -0.1) is 0 Å². The van der Waals surface area contributed by atoms with Gasteiger partial charge in [0.05, 0.1) is 11.4 Å². The number of anilines is 5. The van der Waals surface area contributed by atoms with Gasteiger partial charge in [-0.25, -0.2) is 0 Å². The first-order valence-corrected chi connectivity index (χ1v) is 22.1. The van der Waals surface area contributed by atoms with Crippen LogP contribution in [0.1, 0.15) is 40.8 Å². The van der Waals surface area contributed by atoms with Gasteiger partial charge >= 0.3 is 0 Å². The molecular weight excluding hydrogens is 775 g/mol. The fourth-order valence-corrected chi connectivity index (χ4v) is 10.6. The molecule has 0 radical (unpaired) electrons. The zero-order chi connectivity index (χ0) is 42.3. The van der Waals surface area contributed by atoms with Crippen LogP contribution in [0.3, 0.4) is 0 Å². The lowest BCUT2D eigenvalue weighted by Crippen LogP contribution is -2.17. The van der Waals surface area contributed by atoms with Crippen molar-refractivity contribution in [2.75, 3.05) is 9.80 Å². The minimum Gasteiger partial charge on any atom is -0.346 e. The second kappa shape index (κ2) is 14.3. The van der Waals surface area contributed by atoms with Gasteiger partial charge in [-0.1, -0.05) is 139 Å². The average Bonchev–Trinajstić information content (AvgIpc) is 3.49. The summed E-state index contributed by atoms with van der Waals surface area (Å²) in [5.74, 6) is 21.0. The minimum absolute atomic E-state index is 0.594. The zero-order valence-electron chi connectivity index (χ0n) is 35.3. The summed E-state index contributed by atoms with van der Waals surface area (Å²) in [6.45, 7) is 0. The van der Waals surface area contributed by atoms with E-state index in [1.165, 1.54) is 76.4 Å². The Labute approximate surface area is 372 Å². The highest BCUT2D eigenvalue weighted by molar-refractivity contribution is 6.26. The van der Waals surface area contributed by atoms with Crippen LogP contribution in [0.25, 0.3) is 65.6 Å². The molecule has 0 amide bonds. The van der Waals surface area contributed by atoms with E-state index >= 15 is 0 Å². The smallest absolute Gasteiger partial charge is 0.0540 e. The summed E-state index contributed by atoms with van der Waals surface area (Å²) in [7, 11) is 2.19. The van der Waals surface area contributed by atoms with E-state index in [2.05, 4.69) is 227 Å². The Morgan fingerprint density at radius 3 is 2.02 bits per heavy atom. The maximum absolute atomic E-state index is 3.60. The van der Waals surface area contributed by atoms with Crippen molar-refractivity contribution >= 4 is 94.1 Å². The number of hydrogen-bond donors (Lipinski definition) is 0. The maximum atomic E-state index is 3.60. The maximum Gasteiger partial charge on any atom is 0.0540 e. The van der Waals surface area contributed by atoms with Crippen LogP contribution in [0.2, 0.25) is 0 Å². The van der Waals surface area contributed by atoms with Gasteiger partial charge in [0.1, 0.15) is 0 Å². The molecule has 3 aliphatic carbocycles. The molecule has 1 aromatic heterocycles. The quantitative estimate of drug-likeness (QED) is 0.122. The fourth-order valence-electron chi connectivity index (χ4n) is 10.6. The number of hydrogen-bond acceptors (Lipinski definition) is 2. The molecule has 0 atom stereocenters. The molecule has 3 heteroatoms. The van der Waals surface area contributed by atoms with Crippen LogP contribution in [-0.4, -0.2) is 4.57 Å². The average molecular weight is 814 g/mol. The van der Waals surface area contributed by atoms with Crippen molar-refractivity contribution in [3.8, 4) is 35.5 Å². The molecule has 13 rings (SSSR count). The van der Waals surface area contributed by atoms with Gasteiger partial charge in [-0.05, 0) is 105 Å². The van der Waals surface area contributed by atoms with Crippen LogP contribution >= 0.6 is 0 Å². The Bertz CT molecular complexity index is 3850. The summed E-state index contributed by atoms with van der Waals surface area (Å²) in [5.41, 5.74) is 14.8. The number of nitrogens with zero attached hydrogens (tertiary/aromatic N) is 3. The summed E-state index contributed by atoms with van der Waals surface area (Å²) in [5, 5.41) is 11.3. The molecule has 0 bridgehead atoms. The largest absolute Gasteiger partial charge is 0.346 e. The van der Waals surface area contributed by atoms with E-state index in [0.29, 0.717) is 25.7 Å². The zero-order valence-corrected chi connectivity index (χ0v) is 35.3. The predicted octanol–water partition coefficient (Wildman–Crippen LogP) is 14.5. The lowest BCUT2D eigenvalue weighted by Gasteiger charge is -2.30. The highest BCUT2D eigenvalue weighted by Gasteiger charge is 2.26. The molecule has 0 spiro atoms. The number of aromatic nitrogens is 1. The first kappa shape index (κ1) is 36.3. The van der Waals surface area contributed by atoms with Crippen molar-refractivity contribution in [3.63, 3.8) is 0 Å². The van der Waals surface area contributed by atoms with E-state index in [1.54, 1.807) is 0 Å². The van der Waals surface area contributed by atoms with Crippen LogP contribution in [0, 0.1) is 35.5 Å². The molecule has 3 nitrogen and oxygen atoms in total. The Balaban J connectivity index is 1.03. The predicted molar refractivity (Wildman–Crippen MR) is 269 cm³/mol. The Morgan fingerprint density at radius 1 is 0.500 bits per heavy atom. The summed E-state index contributed by atoms with van der Waals surface area (Å²) in [6, 6.07) is 57.9. The molecule has 3 aliphatic rings. The highest BCUT2D eigenvalue weighted by Crippen LogP contribution is 2.47. The Hall–Kier alpha value is -8.42. The number of fused-ring (bicyclic) bond motifs is 3. The lowest BCUT2D eigenvalue weighted by atomic mass is 9.90. The van der Waals surface area contributed by atoms with Gasteiger partial charge in [0.15, 0.2) is 0 Å². The number of allylic oxidation sites excluding steroid dienone is 3. The molecule has 10 aromatic rings. The van der Waals surface area contributed by atoms with Gasteiger partial charge in [0.2, 0.25) is 0 Å².